The first-order valence-corrected chi connectivity index (χ1v) is 7.11. The number of allylic oxidation sites excluding steroid dienone is 2. The van der Waals surface area contributed by atoms with Gasteiger partial charge in [0.25, 0.3) is 0 Å². The third-order valence-electron chi connectivity index (χ3n) is 3.22. The van der Waals surface area contributed by atoms with Crippen LogP contribution in [0.4, 0.5) is 0 Å². The standard InChI is InChI=1S/C16H20ClNO/c1-3-13-10-15(17)16(18(4-2)11-13)19-12-14-8-6-5-7-9-14/h5-11,16H,3-4,12H2,1-2H3. The number of nitrogens with zero attached hydrogens (tertiary/aromatic N) is 1. The molecule has 0 spiro atoms. The van der Waals surface area contributed by atoms with E-state index in [1.54, 1.807) is 0 Å². The van der Waals surface area contributed by atoms with Crippen molar-refractivity contribution in [1.29, 1.82) is 0 Å². The number of likely N-dealkylation sites (N-methyl/N-ethyl adjacent to an activating group) is 1. The SMILES string of the molecule is CCC1=CN(CC)C(OCc2ccccc2)C(Cl)=C1. The molecular formula is C16H20ClNO. The van der Waals surface area contributed by atoms with Crippen LogP contribution in [-0.4, -0.2) is 17.7 Å². The Morgan fingerprint density at radius 3 is 2.58 bits per heavy atom. The van der Waals surface area contributed by atoms with Gasteiger partial charge in [-0.1, -0.05) is 48.9 Å². The van der Waals surface area contributed by atoms with Crippen LogP contribution in [0.1, 0.15) is 25.8 Å². The highest BCUT2D eigenvalue weighted by Crippen LogP contribution is 2.26. The van der Waals surface area contributed by atoms with E-state index in [0.717, 1.165) is 23.6 Å². The van der Waals surface area contributed by atoms with Gasteiger partial charge in [0.1, 0.15) is 0 Å². The molecule has 0 saturated heterocycles. The smallest absolute Gasteiger partial charge is 0.167 e. The van der Waals surface area contributed by atoms with Crippen molar-refractivity contribution in [2.45, 2.75) is 33.1 Å². The summed E-state index contributed by atoms with van der Waals surface area (Å²) in [6, 6.07) is 10.2. The lowest BCUT2D eigenvalue weighted by Gasteiger charge is -2.33. The zero-order valence-corrected chi connectivity index (χ0v) is 12.2. The molecule has 3 heteroatoms. The fourth-order valence-corrected chi connectivity index (χ4v) is 2.43. The molecule has 1 atom stereocenters. The van der Waals surface area contributed by atoms with Crippen molar-refractivity contribution in [3.05, 3.63) is 58.8 Å². The second-order valence-corrected chi connectivity index (χ2v) is 5.00. The highest BCUT2D eigenvalue weighted by molar-refractivity contribution is 6.30. The predicted molar refractivity (Wildman–Crippen MR) is 79.7 cm³/mol. The number of hydrogen-bond acceptors (Lipinski definition) is 2. The average Bonchev–Trinajstić information content (AvgIpc) is 2.46. The molecule has 0 saturated carbocycles. The van der Waals surface area contributed by atoms with Crippen molar-refractivity contribution in [2.75, 3.05) is 6.54 Å². The first-order chi connectivity index (χ1) is 9.24. The van der Waals surface area contributed by atoms with Crippen molar-refractivity contribution in [3.63, 3.8) is 0 Å². The Bertz CT molecular complexity index is 467. The molecule has 2 rings (SSSR count). The number of ether oxygens (including phenoxy) is 1. The van der Waals surface area contributed by atoms with E-state index in [1.165, 1.54) is 5.57 Å². The van der Waals surface area contributed by atoms with Crippen LogP contribution in [0.3, 0.4) is 0 Å². The van der Waals surface area contributed by atoms with Crippen molar-refractivity contribution >= 4 is 11.6 Å². The third kappa shape index (κ3) is 3.62. The van der Waals surface area contributed by atoms with Gasteiger partial charge in [-0.05, 0) is 30.6 Å². The molecule has 1 unspecified atom stereocenters. The van der Waals surface area contributed by atoms with E-state index in [2.05, 4.69) is 37.1 Å². The molecule has 1 aromatic rings. The highest BCUT2D eigenvalue weighted by Gasteiger charge is 2.22. The van der Waals surface area contributed by atoms with E-state index in [0.29, 0.717) is 6.61 Å². The minimum atomic E-state index is -0.165. The summed E-state index contributed by atoms with van der Waals surface area (Å²) < 4.78 is 5.96. The van der Waals surface area contributed by atoms with Gasteiger partial charge < -0.3 is 9.64 Å². The summed E-state index contributed by atoms with van der Waals surface area (Å²) in [4.78, 5) is 2.14. The van der Waals surface area contributed by atoms with Gasteiger partial charge in [-0.3, -0.25) is 0 Å². The van der Waals surface area contributed by atoms with Crippen LogP contribution in [0.5, 0.6) is 0 Å². The van der Waals surface area contributed by atoms with Crippen LogP contribution in [0.2, 0.25) is 0 Å². The average molecular weight is 278 g/mol. The molecular weight excluding hydrogens is 258 g/mol. The maximum absolute atomic E-state index is 6.35. The second kappa shape index (κ2) is 6.78. The van der Waals surface area contributed by atoms with Gasteiger partial charge in [-0.25, -0.2) is 0 Å². The Morgan fingerprint density at radius 1 is 1.21 bits per heavy atom. The normalized spacial score (nSPS) is 19.1. The first-order valence-electron chi connectivity index (χ1n) is 6.73. The van der Waals surface area contributed by atoms with Gasteiger partial charge in [0.05, 0.1) is 11.6 Å². The van der Waals surface area contributed by atoms with Gasteiger partial charge in [-0.2, -0.15) is 0 Å². The molecule has 1 aliphatic heterocycles. The fourth-order valence-electron chi connectivity index (χ4n) is 2.10. The lowest BCUT2D eigenvalue weighted by Crippen LogP contribution is -2.35. The Hall–Kier alpha value is -1.25. The monoisotopic (exact) mass is 277 g/mol. The predicted octanol–water partition coefficient (Wildman–Crippen LogP) is 4.28. The Morgan fingerprint density at radius 2 is 1.95 bits per heavy atom. The molecule has 0 N–H and O–H groups in total. The lowest BCUT2D eigenvalue weighted by atomic mass is 10.1. The van der Waals surface area contributed by atoms with E-state index in [-0.39, 0.29) is 6.23 Å². The Balaban J connectivity index is 2.03. The summed E-state index contributed by atoms with van der Waals surface area (Å²) >= 11 is 6.35. The number of benzene rings is 1. The van der Waals surface area contributed by atoms with Crippen molar-refractivity contribution in [2.24, 2.45) is 0 Å². The van der Waals surface area contributed by atoms with E-state index in [1.807, 2.05) is 24.3 Å². The number of hydrogen-bond donors (Lipinski definition) is 0. The van der Waals surface area contributed by atoms with Gasteiger partial charge >= 0.3 is 0 Å². The zero-order valence-electron chi connectivity index (χ0n) is 11.5. The topological polar surface area (TPSA) is 12.5 Å². The van der Waals surface area contributed by atoms with Crippen molar-refractivity contribution in [1.82, 2.24) is 4.90 Å². The van der Waals surface area contributed by atoms with Crippen molar-refractivity contribution < 1.29 is 4.74 Å². The molecule has 1 heterocycles. The van der Waals surface area contributed by atoms with E-state index >= 15 is 0 Å². The van der Waals surface area contributed by atoms with Gasteiger partial charge in [0, 0.05) is 12.7 Å². The molecule has 1 aliphatic rings. The van der Waals surface area contributed by atoms with E-state index in [4.69, 9.17) is 16.3 Å². The van der Waals surface area contributed by atoms with Crippen LogP contribution in [0.15, 0.2) is 53.2 Å². The summed E-state index contributed by atoms with van der Waals surface area (Å²) in [5.74, 6) is 0. The molecule has 0 aliphatic carbocycles. The third-order valence-corrected chi connectivity index (χ3v) is 3.51. The molecule has 19 heavy (non-hydrogen) atoms. The lowest BCUT2D eigenvalue weighted by molar-refractivity contribution is -0.0173. The Kier molecular flexibility index (Phi) is 5.06. The van der Waals surface area contributed by atoms with Gasteiger partial charge in [0.2, 0.25) is 0 Å². The minimum Gasteiger partial charge on any atom is -0.348 e. The fraction of sp³-hybridized carbons (Fsp3) is 0.375. The van der Waals surface area contributed by atoms with Gasteiger partial charge in [0.15, 0.2) is 6.23 Å². The second-order valence-electron chi connectivity index (χ2n) is 4.57. The molecule has 0 amide bonds. The van der Waals surface area contributed by atoms with Crippen molar-refractivity contribution in [3.8, 4) is 0 Å². The molecule has 2 nitrogen and oxygen atoms in total. The zero-order chi connectivity index (χ0) is 13.7. The molecule has 0 fully saturated rings. The van der Waals surface area contributed by atoms with Crippen LogP contribution in [-0.2, 0) is 11.3 Å². The van der Waals surface area contributed by atoms with E-state index in [9.17, 15) is 0 Å². The number of halogens is 1. The largest absolute Gasteiger partial charge is 0.348 e. The van der Waals surface area contributed by atoms with Crippen LogP contribution < -0.4 is 0 Å². The molecule has 0 radical (unpaired) electrons. The summed E-state index contributed by atoms with van der Waals surface area (Å²) in [7, 11) is 0. The van der Waals surface area contributed by atoms with Crippen LogP contribution in [0.25, 0.3) is 0 Å². The molecule has 102 valence electrons. The molecule has 0 bridgehead atoms. The first kappa shape index (κ1) is 14.2. The molecule has 1 aromatic carbocycles. The van der Waals surface area contributed by atoms with Crippen LogP contribution in [0, 0.1) is 0 Å². The summed E-state index contributed by atoms with van der Waals surface area (Å²) in [5, 5.41) is 0.761. The molecule has 0 aromatic heterocycles. The number of rotatable bonds is 5. The minimum absolute atomic E-state index is 0.165. The maximum Gasteiger partial charge on any atom is 0.167 e. The van der Waals surface area contributed by atoms with Crippen LogP contribution >= 0.6 is 11.6 Å². The van der Waals surface area contributed by atoms with Gasteiger partial charge in [-0.15, -0.1) is 0 Å². The quantitative estimate of drug-likeness (QED) is 0.796. The Labute approximate surface area is 120 Å². The maximum atomic E-state index is 6.35. The summed E-state index contributed by atoms with van der Waals surface area (Å²) in [6.45, 7) is 5.69. The van der Waals surface area contributed by atoms with E-state index < -0.39 is 0 Å². The summed E-state index contributed by atoms with van der Waals surface area (Å²) in [5.41, 5.74) is 2.40. The highest BCUT2D eigenvalue weighted by atomic mass is 35.5. The summed E-state index contributed by atoms with van der Waals surface area (Å²) in [6.07, 6.45) is 4.98.